The minimum absolute atomic E-state index is 0.00970. The first kappa shape index (κ1) is 14.7. The Labute approximate surface area is 136 Å². The molecule has 0 unspecified atom stereocenters. The van der Waals surface area contributed by atoms with Crippen LogP contribution in [0.2, 0.25) is 0 Å². The molecule has 1 aromatic heterocycles. The summed E-state index contributed by atoms with van der Waals surface area (Å²) in [6.45, 7) is 1.38. The van der Waals surface area contributed by atoms with Crippen LogP contribution in [-0.2, 0) is 10.3 Å². The van der Waals surface area contributed by atoms with Gasteiger partial charge in [0.15, 0.2) is 5.78 Å². The highest BCUT2D eigenvalue weighted by molar-refractivity contribution is 6.26. The highest BCUT2D eigenvalue weighted by Gasteiger charge is 2.49. The van der Waals surface area contributed by atoms with Gasteiger partial charge in [-0.05, 0) is 50.7 Å². The molecule has 2 saturated carbocycles. The van der Waals surface area contributed by atoms with Crippen molar-refractivity contribution in [1.82, 2.24) is 4.57 Å². The van der Waals surface area contributed by atoms with E-state index in [2.05, 4.69) is 10.6 Å². The molecule has 2 fully saturated rings. The number of aromatic nitrogens is 1. The fourth-order valence-corrected chi connectivity index (χ4v) is 4.97. The van der Waals surface area contributed by atoms with Crippen LogP contribution in [0.3, 0.4) is 0 Å². The van der Waals surface area contributed by atoms with Crippen molar-refractivity contribution < 1.29 is 14.7 Å². The zero-order valence-electron chi connectivity index (χ0n) is 13.6. The van der Waals surface area contributed by atoms with Gasteiger partial charge in [0.2, 0.25) is 5.78 Å². The normalized spacial score (nSPS) is 23.8. The molecular formula is C19H23NO3. The second-order valence-electron chi connectivity index (χ2n) is 7.31. The molecule has 3 aliphatic rings. The van der Waals surface area contributed by atoms with Gasteiger partial charge in [0, 0.05) is 5.69 Å². The number of Topliss-reactive ketones (excluding diaryl/α,β-unsaturated/α-hetero) is 2. The molecule has 4 rings (SSSR count). The molecule has 23 heavy (non-hydrogen) atoms. The number of fused-ring (bicyclic) bond motifs is 2. The zero-order valence-corrected chi connectivity index (χ0v) is 13.6. The van der Waals surface area contributed by atoms with Crippen molar-refractivity contribution in [2.45, 2.75) is 69.7 Å². The standard InChI is InChI=1S/C19H23NO3/c1-12(21)16-17(22)15-9-8-14(13-6-2-3-7-13)20(15)19(18(16)23)10-4-5-11-19/h8-9,13,23H,2-7,10-11H2,1H3. The molecule has 2 aliphatic carbocycles. The molecule has 0 bridgehead atoms. The molecule has 0 aromatic carbocycles. The Balaban J connectivity index is 1.95. The van der Waals surface area contributed by atoms with Crippen molar-refractivity contribution in [2.24, 2.45) is 0 Å². The number of carbonyl (C=O) groups is 2. The largest absolute Gasteiger partial charge is 0.509 e. The monoisotopic (exact) mass is 313 g/mol. The second kappa shape index (κ2) is 5.08. The average Bonchev–Trinajstić information content (AvgIpc) is 3.25. The van der Waals surface area contributed by atoms with E-state index in [1.54, 1.807) is 0 Å². The quantitative estimate of drug-likeness (QED) is 0.839. The van der Waals surface area contributed by atoms with Gasteiger partial charge in [-0.15, -0.1) is 0 Å². The minimum Gasteiger partial charge on any atom is -0.509 e. The van der Waals surface area contributed by atoms with E-state index in [4.69, 9.17) is 0 Å². The average molecular weight is 313 g/mol. The van der Waals surface area contributed by atoms with Gasteiger partial charge in [-0.1, -0.05) is 25.7 Å². The summed E-state index contributed by atoms with van der Waals surface area (Å²) < 4.78 is 2.11. The van der Waals surface area contributed by atoms with Crippen LogP contribution in [0.15, 0.2) is 23.5 Å². The van der Waals surface area contributed by atoms with Crippen LogP contribution in [0.5, 0.6) is 0 Å². The van der Waals surface area contributed by atoms with E-state index in [0.29, 0.717) is 11.6 Å². The lowest BCUT2D eigenvalue weighted by Gasteiger charge is -2.39. The Morgan fingerprint density at radius 1 is 1.17 bits per heavy atom. The third kappa shape index (κ3) is 1.90. The van der Waals surface area contributed by atoms with Crippen molar-refractivity contribution in [2.75, 3.05) is 0 Å². The van der Waals surface area contributed by atoms with E-state index in [0.717, 1.165) is 38.5 Å². The van der Waals surface area contributed by atoms with E-state index in [1.165, 1.54) is 25.5 Å². The number of hydrogen-bond acceptors (Lipinski definition) is 3. The lowest BCUT2D eigenvalue weighted by atomic mass is 9.83. The van der Waals surface area contributed by atoms with Crippen molar-refractivity contribution in [3.63, 3.8) is 0 Å². The van der Waals surface area contributed by atoms with Crippen molar-refractivity contribution in [3.8, 4) is 0 Å². The molecule has 1 aromatic rings. The molecule has 1 aliphatic heterocycles. The summed E-state index contributed by atoms with van der Waals surface area (Å²) in [5, 5.41) is 10.9. The van der Waals surface area contributed by atoms with E-state index >= 15 is 0 Å². The third-order valence-electron chi connectivity index (χ3n) is 6.03. The van der Waals surface area contributed by atoms with Gasteiger partial charge in [0.05, 0.1) is 5.69 Å². The van der Waals surface area contributed by atoms with Crippen LogP contribution in [0.4, 0.5) is 0 Å². The highest BCUT2D eigenvalue weighted by Crippen LogP contribution is 2.49. The lowest BCUT2D eigenvalue weighted by molar-refractivity contribution is -0.113. The second-order valence-corrected chi connectivity index (χ2v) is 7.31. The van der Waals surface area contributed by atoms with Crippen LogP contribution in [0.25, 0.3) is 0 Å². The number of nitrogens with zero attached hydrogens (tertiary/aromatic N) is 1. The van der Waals surface area contributed by atoms with Crippen LogP contribution >= 0.6 is 0 Å². The predicted octanol–water partition coefficient (Wildman–Crippen LogP) is 4.01. The van der Waals surface area contributed by atoms with Crippen molar-refractivity contribution in [1.29, 1.82) is 0 Å². The maximum absolute atomic E-state index is 12.8. The highest BCUT2D eigenvalue weighted by atomic mass is 16.3. The first-order valence-corrected chi connectivity index (χ1v) is 8.78. The van der Waals surface area contributed by atoms with Gasteiger partial charge in [0.25, 0.3) is 0 Å². The topological polar surface area (TPSA) is 59.3 Å². The number of allylic oxidation sites excluding steroid dienone is 2. The summed E-state index contributed by atoms with van der Waals surface area (Å²) in [5.41, 5.74) is 1.22. The maximum atomic E-state index is 12.8. The number of rotatable bonds is 2. The summed E-state index contributed by atoms with van der Waals surface area (Å²) in [5.74, 6) is -0.137. The first-order chi connectivity index (χ1) is 11.1. The summed E-state index contributed by atoms with van der Waals surface area (Å²) in [4.78, 5) is 24.8. The zero-order chi connectivity index (χ0) is 16.2. The van der Waals surface area contributed by atoms with Gasteiger partial charge in [0.1, 0.15) is 16.9 Å². The van der Waals surface area contributed by atoms with Crippen molar-refractivity contribution in [3.05, 3.63) is 34.9 Å². The molecule has 4 heteroatoms. The molecule has 1 N–H and O–H groups in total. The Kier molecular flexibility index (Phi) is 3.26. The van der Waals surface area contributed by atoms with Gasteiger partial charge in [-0.3, -0.25) is 9.59 Å². The Morgan fingerprint density at radius 3 is 2.43 bits per heavy atom. The van der Waals surface area contributed by atoms with Gasteiger partial charge >= 0.3 is 0 Å². The Bertz CT molecular complexity index is 713. The van der Waals surface area contributed by atoms with Gasteiger partial charge in [-0.2, -0.15) is 0 Å². The van der Waals surface area contributed by atoms with Crippen LogP contribution in [-0.4, -0.2) is 21.2 Å². The van der Waals surface area contributed by atoms with Crippen LogP contribution in [0, 0.1) is 0 Å². The van der Waals surface area contributed by atoms with Crippen molar-refractivity contribution >= 4 is 11.6 Å². The summed E-state index contributed by atoms with van der Waals surface area (Å²) in [6, 6.07) is 3.92. The van der Waals surface area contributed by atoms with Gasteiger partial charge in [-0.25, -0.2) is 0 Å². The van der Waals surface area contributed by atoms with Gasteiger partial charge < -0.3 is 9.67 Å². The fraction of sp³-hybridized carbons (Fsp3) is 0.579. The molecule has 4 nitrogen and oxygen atoms in total. The third-order valence-corrected chi connectivity index (χ3v) is 6.03. The van der Waals surface area contributed by atoms with E-state index < -0.39 is 5.54 Å². The summed E-state index contributed by atoms with van der Waals surface area (Å²) in [7, 11) is 0. The lowest BCUT2D eigenvalue weighted by Crippen LogP contribution is -2.42. The van der Waals surface area contributed by atoms with E-state index in [9.17, 15) is 14.7 Å². The fourth-order valence-electron chi connectivity index (χ4n) is 4.97. The minimum atomic E-state index is -0.564. The summed E-state index contributed by atoms with van der Waals surface area (Å²) in [6.07, 6.45) is 8.42. The predicted molar refractivity (Wildman–Crippen MR) is 86.7 cm³/mol. The molecular weight excluding hydrogens is 290 g/mol. The Morgan fingerprint density at radius 2 is 1.83 bits per heavy atom. The summed E-state index contributed by atoms with van der Waals surface area (Å²) >= 11 is 0. The number of hydrogen-bond donors (Lipinski definition) is 1. The smallest absolute Gasteiger partial charge is 0.216 e. The Hall–Kier alpha value is -1.84. The van der Waals surface area contributed by atoms with E-state index in [-0.39, 0.29) is 22.9 Å². The molecule has 2 heterocycles. The maximum Gasteiger partial charge on any atom is 0.216 e. The number of carbonyl (C=O) groups excluding carboxylic acids is 2. The number of aliphatic hydroxyl groups excluding tert-OH is 1. The molecule has 122 valence electrons. The SMILES string of the molecule is CC(=O)C1=C(O)C2(CCCC2)n2c(ccc2C2CCCC2)C1=O. The molecule has 0 radical (unpaired) electrons. The molecule has 0 saturated heterocycles. The van der Waals surface area contributed by atoms with Crippen LogP contribution in [0.1, 0.15) is 80.4 Å². The molecule has 1 spiro atoms. The van der Waals surface area contributed by atoms with E-state index in [1.807, 2.05) is 6.07 Å². The molecule has 0 atom stereocenters. The molecule has 0 amide bonds. The first-order valence-electron chi connectivity index (χ1n) is 8.78. The number of aliphatic hydroxyl groups is 1. The number of ketones is 2. The van der Waals surface area contributed by atoms with Crippen LogP contribution < -0.4 is 0 Å².